The van der Waals surface area contributed by atoms with E-state index in [1.54, 1.807) is 0 Å². The first-order valence-electron chi connectivity index (χ1n) is 5.88. The van der Waals surface area contributed by atoms with E-state index in [9.17, 15) is 0 Å². The third-order valence-corrected chi connectivity index (χ3v) is 3.82. The molecule has 2 aromatic carbocycles. The molecule has 4 heteroatoms. The highest BCUT2D eigenvalue weighted by atomic mass is 79.9. The number of nitrogens with one attached hydrogen (secondary N) is 1. The van der Waals surface area contributed by atoms with Crippen LogP contribution in [0.25, 0.3) is 10.8 Å². The van der Waals surface area contributed by atoms with Gasteiger partial charge in [-0.2, -0.15) is 0 Å². The largest absolute Gasteiger partial charge is 0.452 e. The minimum absolute atomic E-state index is 0.674. The Morgan fingerprint density at radius 3 is 2.47 bits per heavy atom. The predicted octanol–water partition coefficient (Wildman–Crippen LogP) is 5.57. The van der Waals surface area contributed by atoms with Gasteiger partial charge in [0.25, 0.3) is 0 Å². The summed E-state index contributed by atoms with van der Waals surface area (Å²) in [7, 11) is 0. The van der Waals surface area contributed by atoms with Gasteiger partial charge in [-0.15, -0.1) is 0 Å². The van der Waals surface area contributed by atoms with Gasteiger partial charge in [0.2, 0.25) is 0 Å². The van der Waals surface area contributed by atoms with Gasteiger partial charge < -0.3 is 9.73 Å². The summed E-state index contributed by atoms with van der Waals surface area (Å²) in [6.45, 7) is 0.674. The van der Waals surface area contributed by atoms with Gasteiger partial charge in [-0.05, 0) is 63.1 Å². The van der Waals surface area contributed by atoms with Crippen molar-refractivity contribution in [3.63, 3.8) is 0 Å². The molecule has 0 atom stereocenters. The Kier molecular flexibility index (Phi) is 3.62. The van der Waals surface area contributed by atoms with E-state index < -0.39 is 0 Å². The highest BCUT2D eigenvalue weighted by Gasteiger charge is 2.01. The van der Waals surface area contributed by atoms with Crippen LogP contribution < -0.4 is 5.32 Å². The van der Waals surface area contributed by atoms with Crippen molar-refractivity contribution in [3.8, 4) is 0 Å². The minimum atomic E-state index is 0.674. The molecule has 0 aliphatic heterocycles. The Balaban J connectivity index is 1.79. The number of halogens is 2. The van der Waals surface area contributed by atoms with E-state index in [4.69, 9.17) is 4.42 Å². The molecule has 0 spiro atoms. The monoisotopic (exact) mass is 379 g/mol. The normalized spacial score (nSPS) is 10.8. The summed E-state index contributed by atoms with van der Waals surface area (Å²) in [6, 6.07) is 16.4. The van der Waals surface area contributed by atoms with Crippen molar-refractivity contribution in [1.82, 2.24) is 0 Å². The molecule has 1 N–H and O–H groups in total. The predicted molar refractivity (Wildman–Crippen MR) is 85.4 cm³/mol. The molecule has 3 rings (SSSR count). The Bertz CT molecular complexity index is 721. The third-order valence-electron chi connectivity index (χ3n) is 2.90. The van der Waals surface area contributed by atoms with Crippen LogP contribution in [0, 0.1) is 0 Å². The topological polar surface area (TPSA) is 25.2 Å². The molecule has 96 valence electrons. The van der Waals surface area contributed by atoms with Crippen molar-refractivity contribution in [2.75, 3.05) is 5.32 Å². The highest BCUT2D eigenvalue weighted by molar-refractivity contribution is 9.10. The van der Waals surface area contributed by atoms with Gasteiger partial charge in [0.15, 0.2) is 4.67 Å². The zero-order valence-electron chi connectivity index (χ0n) is 9.99. The number of fused-ring (bicyclic) bond motifs is 1. The molecule has 0 saturated carbocycles. The fourth-order valence-electron chi connectivity index (χ4n) is 1.96. The van der Waals surface area contributed by atoms with Crippen molar-refractivity contribution in [1.29, 1.82) is 0 Å². The van der Waals surface area contributed by atoms with Crippen molar-refractivity contribution in [3.05, 3.63) is 63.4 Å². The van der Waals surface area contributed by atoms with Crippen LogP contribution in [0.4, 0.5) is 5.69 Å². The molecular formula is C15H11Br2NO. The maximum Gasteiger partial charge on any atom is 0.169 e. The summed E-state index contributed by atoms with van der Waals surface area (Å²) >= 11 is 6.78. The molecule has 0 radical (unpaired) electrons. The van der Waals surface area contributed by atoms with E-state index >= 15 is 0 Å². The standard InChI is InChI=1S/C15H11Br2NO/c16-12-3-1-11-8-13(4-2-10(11)7-12)18-9-14-5-6-15(17)19-14/h1-8,18H,9H2. The molecule has 1 heterocycles. The lowest BCUT2D eigenvalue weighted by Gasteiger charge is -2.06. The molecular weight excluding hydrogens is 370 g/mol. The van der Waals surface area contributed by atoms with E-state index in [-0.39, 0.29) is 0 Å². The van der Waals surface area contributed by atoms with E-state index in [1.165, 1.54) is 10.8 Å². The van der Waals surface area contributed by atoms with Crippen LogP contribution in [0.5, 0.6) is 0 Å². The van der Waals surface area contributed by atoms with Gasteiger partial charge >= 0.3 is 0 Å². The second-order valence-corrected chi connectivity index (χ2v) is 5.96. The van der Waals surface area contributed by atoms with E-state index in [1.807, 2.05) is 12.1 Å². The van der Waals surface area contributed by atoms with Crippen molar-refractivity contribution >= 4 is 48.3 Å². The summed E-state index contributed by atoms with van der Waals surface area (Å²) in [4.78, 5) is 0. The fourth-order valence-corrected chi connectivity index (χ4v) is 2.68. The molecule has 0 saturated heterocycles. The van der Waals surface area contributed by atoms with Crippen LogP contribution in [0.2, 0.25) is 0 Å². The van der Waals surface area contributed by atoms with Crippen LogP contribution in [0.15, 0.2) is 62.1 Å². The molecule has 0 fully saturated rings. The Morgan fingerprint density at radius 2 is 1.68 bits per heavy atom. The minimum Gasteiger partial charge on any atom is -0.452 e. The van der Waals surface area contributed by atoms with Crippen LogP contribution >= 0.6 is 31.9 Å². The average Bonchev–Trinajstić information content (AvgIpc) is 2.82. The smallest absolute Gasteiger partial charge is 0.169 e. The van der Waals surface area contributed by atoms with Crippen LogP contribution in [0.3, 0.4) is 0 Å². The van der Waals surface area contributed by atoms with Gasteiger partial charge in [-0.25, -0.2) is 0 Å². The summed E-state index contributed by atoms with van der Waals surface area (Å²) in [5.41, 5.74) is 1.09. The van der Waals surface area contributed by atoms with Gasteiger partial charge in [0, 0.05) is 10.2 Å². The van der Waals surface area contributed by atoms with Crippen molar-refractivity contribution in [2.24, 2.45) is 0 Å². The third kappa shape index (κ3) is 3.01. The lowest BCUT2D eigenvalue weighted by atomic mass is 10.1. The van der Waals surface area contributed by atoms with E-state index in [2.05, 4.69) is 73.6 Å². The summed E-state index contributed by atoms with van der Waals surface area (Å²) in [5, 5.41) is 5.79. The first-order chi connectivity index (χ1) is 9.20. The molecule has 0 aliphatic carbocycles. The number of hydrogen-bond donors (Lipinski definition) is 1. The lowest BCUT2D eigenvalue weighted by Crippen LogP contribution is -1.97. The van der Waals surface area contributed by atoms with Crippen molar-refractivity contribution in [2.45, 2.75) is 6.54 Å². The SMILES string of the molecule is Brc1ccc2cc(NCc3ccc(Br)o3)ccc2c1. The molecule has 3 aromatic rings. The maximum absolute atomic E-state index is 5.46. The summed E-state index contributed by atoms with van der Waals surface area (Å²) in [5.74, 6) is 0.905. The average molecular weight is 381 g/mol. The summed E-state index contributed by atoms with van der Waals surface area (Å²) in [6.07, 6.45) is 0. The molecule has 0 bridgehead atoms. The van der Waals surface area contributed by atoms with Gasteiger partial charge in [0.1, 0.15) is 5.76 Å². The number of hydrogen-bond acceptors (Lipinski definition) is 2. The van der Waals surface area contributed by atoms with Gasteiger partial charge in [-0.1, -0.05) is 28.1 Å². The molecule has 1 aromatic heterocycles. The summed E-state index contributed by atoms with van der Waals surface area (Å²) < 4.78 is 7.31. The van der Waals surface area contributed by atoms with Crippen LogP contribution in [0.1, 0.15) is 5.76 Å². The lowest BCUT2D eigenvalue weighted by molar-refractivity contribution is 0.495. The number of furan rings is 1. The zero-order valence-corrected chi connectivity index (χ0v) is 13.2. The van der Waals surface area contributed by atoms with E-state index in [0.717, 1.165) is 20.6 Å². The van der Waals surface area contributed by atoms with Gasteiger partial charge in [0.05, 0.1) is 6.54 Å². The first-order valence-corrected chi connectivity index (χ1v) is 7.47. The van der Waals surface area contributed by atoms with Crippen LogP contribution in [-0.2, 0) is 6.54 Å². The highest BCUT2D eigenvalue weighted by Crippen LogP contribution is 2.23. The van der Waals surface area contributed by atoms with Crippen molar-refractivity contribution < 1.29 is 4.42 Å². The maximum atomic E-state index is 5.46. The molecule has 0 amide bonds. The molecule has 2 nitrogen and oxygen atoms in total. The Labute approximate surface area is 128 Å². The second-order valence-electron chi connectivity index (χ2n) is 4.27. The number of anilines is 1. The van der Waals surface area contributed by atoms with E-state index in [0.29, 0.717) is 6.54 Å². The Hall–Kier alpha value is -1.26. The molecule has 0 aliphatic rings. The molecule has 19 heavy (non-hydrogen) atoms. The molecule has 0 unspecified atom stereocenters. The zero-order chi connectivity index (χ0) is 13.2. The van der Waals surface area contributed by atoms with Gasteiger partial charge in [-0.3, -0.25) is 0 Å². The quantitative estimate of drug-likeness (QED) is 0.642. The number of rotatable bonds is 3. The fraction of sp³-hybridized carbons (Fsp3) is 0.0667. The number of benzene rings is 2. The second kappa shape index (κ2) is 5.39. The Morgan fingerprint density at radius 1 is 0.895 bits per heavy atom. The van der Waals surface area contributed by atoms with Crippen LogP contribution in [-0.4, -0.2) is 0 Å². The first kappa shape index (κ1) is 12.8.